The van der Waals surface area contributed by atoms with Gasteiger partial charge in [-0.05, 0) is 35.9 Å². The summed E-state index contributed by atoms with van der Waals surface area (Å²) in [7, 11) is 1.57. The smallest absolute Gasteiger partial charge is 0.270 e. The first-order valence-electron chi connectivity index (χ1n) is 8.95. The number of amides is 2. The Bertz CT molecular complexity index is 1010. The SMILES string of the molecule is COc1ccccc1CNC(=O)c1cc(C(=O)NCc2ccc(F)cc2)ccn1. The van der Waals surface area contributed by atoms with Crippen molar-refractivity contribution < 1.29 is 18.7 Å². The van der Waals surface area contributed by atoms with Crippen molar-refractivity contribution in [2.75, 3.05) is 7.11 Å². The predicted octanol–water partition coefficient (Wildman–Crippen LogP) is 3.09. The van der Waals surface area contributed by atoms with Crippen molar-refractivity contribution in [2.45, 2.75) is 13.1 Å². The molecular weight excluding hydrogens is 373 g/mol. The van der Waals surface area contributed by atoms with Crippen molar-refractivity contribution >= 4 is 11.8 Å². The van der Waals surface area contributed by atoms with E-state index in [9.17, 15) is 14.0 Å². The third kappa shape index (κ3) is 5.38. The number of methoxy groups -OCH3 is 1. The molecule has 148 valence electrons. The fourth-order valence-corrected chi connectivity index (χ4v) is 2.70. The third-order valence-corrected chi connectivity index (χ3v) is 4.25. The lowest BCUT2D eigenvalue weighted by Crippen LogP contribution is -2.26. The minimum absolute atomic E-state index is 0.134. The van der Waals surface area contributed by atoms with Crippen LogP contribution in [0.5, 0.6) is 5.75 Å². The summed E-state index contributed by atoms with van der Waals surface area (Å²) in [5.41, 5.74) is 2.04. The molecule has 0 saturated heterocycles. The molecule has 0 radical (unpaired) electrons. The van der Waals surface area contributed by atoms with Crippen molar-refractivity contribution in [2.24, 2.45) is 0 Å². The molecule has 2 aromatic carbocycles. The number of aromatic nitrogens is 1. The lowest BCUT2D eigenvalue weighted by molar-refractivity contribution is 0.0945. The van der Waals surface area contributed by atoms with Gasteiger partial charge in [0, 0.05) is 30.4 Å². The average molecular weight is 393 g/mol. The first kappa shape index (κ1) is 20.0. The van der Waals surface area contributed by atoms with E-state index in [1.54, 1.807) is 19.2 Å². The molecule has 0 aliphatic rings. The molecule has 0 spiro atoms. The van der Waals surface area contributed by atoms with Crippen LogP contribution in [0.15, 0.2) is 66.9 Å². The number of rotatable bonds is 7. The molecule has 7 heteroatoms. The molecule has 2 N–H and O–H groups in total. The monoisotopic (exact) mass is 393 g/mol. The third-order valence-electron chi connectivity index (χ3n) is 4.25. The second-order valence-corrected chi connectivity index (χ2v) is 6.23. The summed E-state index contributed by atoms with van der Waals surface area (Å²) in [4.78, 5) is 28.8. The molecule has 3 aromatic rings. The molecule has 1 aromatic heterocycles. The molecule has 0 aliphatic carbocycles. The van der Waals surface area contributed by atoms with E-state index in [1.165, 1.54) is 30.5 Å². The zero-order valence-corrected chi connectivity index (χ0v) is 15.8. The maximum atomic E-state index is 12.9. The number of pyridine rings is 1. The molecule has 0 bridgehead atoms. The molecular formula is C22H20FN3O3. The number of nitrogens with zero attached hydrogens (tertiary/aromatic N) is 1. The van der Waals surface area contributed by atoms with Crippen LogP contribution < -0.4 is 15.4 Å². The first-order chi connectivity index (χ1) is 14.1. The Labute approximate surface area is 167 Å². The van der Waals surface area contributed by atoms with Gasteiger partial charge in [0.2, 0.25) is 0 Å². The van der Waals surface area contributed by atoms with Crippen LogP contribution in [0.3, 0.4) is 0 Å². The van der Waals surface area contributed by atoms with Crippen molar-refractivity contribution in [3.63, 3.8) is 0 Å². The molecule has 2 amide bonds. The molecule has 6 nitrogen and oxygen atoms in total. The Kier molecular flexibility index (Phi) is 6.52. The number of hydrogen-bond acceptors (Lipinski definition) is 4. The highest BCUT2D eigenvalue weighted by molar-refractivity contribution is 5.98. The second-order valence-electron chi connectivity index (χ2n) is 6.23. The zero-order valence-electron chi connectivity index (χ0n) is 15.8. The number of hydrogen-bond donors (Lipinski definition) is 2. The molecule has 0 saturated carbocycles. The van der Waals surface area contributed by atoms with E-state index in [4.69, 9.17) is 4.74 Å². The minimum atomic E-state index is -0.399. The van der Waals surface area contributed by atoms with Gasteiger partial charge in [0.15, 0.2) is 0 Å². The standard InChI is InChI=1S/C22H20FN3O3/c1-29-20-5-3-2-4-17(20)14-26-22(28)19-12-16(10-11-24-19)21(27)25-13-15-6-8-18(23)9-7-15/h2-12H,13-14H2,1H3,(H,25,27)(H,26,28). The van der Waals surface area contributed by atoms with E-state index < -0.39 is 5.91 Å². The number of carbonyl (C=O) groups is 2. The van der Waals surface area contributed by atoms with E-state index >= 15 is 0 Å². The number of nitrogens with one attached hydrogen (secondary N) is 2. The first-order valence-corrected chi connectivity index (χ1v) is 8.95. The highest BCUT2D eigenvalue weighted by atomic mass is 19.1. The van der Waals surface area contributed by atoms with Gasteiger partial charge < -0.3 is 15.4 Å². The van der Waals surface area contributed by atoms with Crippen LogP contribution in [0.1, 0.15) is 32.0 Å². The van der Waals surface area contributed by atoms with Crippen LogP contribution in [-0.4, -0.2) is 23.9 Å². The fraction of sp³-hybridized carbons (Fsp3) is 0.136. The lowest BCUT2D eigenvalue weighted by Gasteiger charge is -2.10. The summed E-state index contributed by atoms with van der Waals surface area (Å²) in [6, 6.07) is 16.2. The van der Waals surface area contributed by atoms with Crippen LogP contribution in [0.4, 0.5) is 4.39 Å². The van der Waals surface area contributed by atoms with Crippen molar-refractivity contribution in [3.8, 4) is 5.75 Å². The molecule has 0 aliphatic heterocycles. The molecule has 29 heavy (non-hydrogen) atoms. The van der Waals surface area contributed by atoms with Crippen LogP contribution in [-0.2, 0) is 13.1 Å². The number of para-hydroxylation sites is 1. The number of ether oxygens (including phenoxy) is 1. The summed E-state index contributed by atoms with van der Waals surface area (Å²) in [6.07, 6.45) is 1.41. The quantitative estimate of drug-likeness (QED) is 0.647. The number of benzene rings is 2. The van der Waals surface area contributed by atoms with E-state index in [2.05, 4.69) is 15.6 Å². The second kappa shape index (κ2) is 9.45. The normalized spacial score (nSPS) is 10.3. The number of halogens is 1. The average Bonchev–Trinajstić information content (AvgIpc) is 2.77. The Morgan fingerprint density at radius 2 is 1.69 bits per heavy atom. The van der Waals surface area contributed by atoms with Gasteiger partial charge in [-0.2, -0.15) is 0 Å². The summed E-state index contributed by atoms with van der Waals surface area (Å²) in [5.74, 6) is -0.410. The fourth-order valence-electron chi connectivity index (χ4n) is 2.70. The van der Waals surface area contributed by atoms with Crippen molar-refractivity contribution in [1.82, 2.24) is 15.6 Å². The summed E-state index contributed by atoms with van der Waals surface area (Å²) in [5, 5.41) is 5.51. The molecule has 0 fully saturated rings. The van der Waals surface area contributed by atoms with Gasteiger partial charge in [0.25, 0.3) is 11.8 Å². The van der Waals surface area contributed by atoms with E-state index in [0.29, 0.717) is 11.3 Å². The van der Waals surface area contributed by atoms with Gasteiger partial charge in [-0.1, -0.05) is 30.3 Å². The minimum Gasteiger partial charge on any atom is -0.496 e. The van der Waals surface area contributed by atoms with Crippen LogP contribution >= 0.6 is 0 Å². The predicted molar refractivity (Wildman–Crippen MR) is 106 cm³/mol. The van der Waals surface area contributed by atoms with Gasteiger partial charge in [0.1, 0.15) is 17.3 Å². The molecule has 1 heterocycles. The summed E-state index contributed by atoms with van der Waals surface area (Å²) < 4.78 is 18.2. The van der Waals surface area contributed by atoms with Gasteiger partial charge in [-0.25, -0.2) is 4.39 Å². The lowest BCUT2D eigenvalue weighted by atomic mass is 10.1. The highest BCUT2D eigenvalue weighted by Crippen LogP contribution is 2.16. The van der Waals surface area contributed by atoms with Crippen LogP contribution in [0, 0.1) is 5.82 Å². The summed E-state index contributed by atoms with van der Waals surface area (Å²) in [6.45, 7) is 0.516. The Hall–Kier alpha value is -3.74. The van der Waals surface area contributed by atoms with Crippen LogP contribution in [0.25, 0.3) is 0 Å². The molecule has 0 unspecified atom stereocenters. The van der Waals surface area contributed by atoms with E-state index in [-0.39, 0.29) is 30.5 Å². The zero-order chi connectivity index (χ0) is 20.6. The van der Waals surface area contributed by atoms with Gasteiger partial charge in [-0.3, -0.25) is 14.6 Å². The summed E-state index contributed by atoms with van der Waals surface area (Å²) >= 11 is 0. The maximum absolute atomic E-state index is 12.9. The van der Waals surface area contributed by atoms with Gasteiger partial charge in [0.05, 0.1) is 7.11 Å². The van der Waals surface area contributed by atoms with E-state index in [0.717, 1.165) is 11.1 Å². The van der Waals surface area contributed by atoms with Gasteiger partial charge in [-0.15, -0.1) is 0 Å². The van der Waals surface area contributed by atoms with Crippen LogP contribution in [0.2, 0.25) is 0 Å². The largest absolute Gasteiger partial charge is 0.496 e. The highest BCUT2D eigenvalue weighted by Gasteiger charge is 2.12. The number of carbonyl (C=O) groups excluding carboxylic acids is 2. The Morgan fingerprint density at radius 1 is 0.966 bits per heavy atom. The molecule has 3 rings (SSSR count). The van der Waals surface area contributed by atoms with Gasteiger partial charge >= 0.3 is 0 Å². The van der Waals surface area contributed by atoms with Crippen molar-refractivity contribution in [1.29, 1.82) is 0 Å². The maximum Gasteiger partial charge on any atom is 0.270 e. The Morgan fingerprint density at radius 3 is 2.45 bits per heavy atom. The van der Waals surface area contributed by atoms with E-state index in [1.807, 2.05) is 24.3 Å². The topological polar surface area (TPSA) is 80.3 Å². The Balaban J connectivity index is 1.61. The molecule has 0 atom stereocenters. The van der Waals surface area contributed by atoms with Crippen molar-refractivity contribution in [3.05, 3.63) is 95.1 Å².